The van der Waals surface area contributed by atoms with Crippen molar-refractivity contribution in [2.75, 3.05) is 7.11 Å². The molecule has 0 radical (unpaired) electrons. The minimum absolute atomic E-state index is 0.841. The molecular weight excluding hydrogens is 280 g/mol. The average Bonchev–Trinajstić information content (AvgIpc) is 2.60. The highest BCUT2D eigenvalue weighted by molar-refractivity contribution is 5.50. The highest BCUT2D eigenvalue weighted by Crippen LogP contribution is 2.32. The molecule has 0 aliphatic heterocycles. The minimum atomic E-state index is 0.841. The molecule has 1 heteroatoms. The Balaban J connectivity index is 1.62. The number of hydrogen-bond acceptors (Lipinski definition) is 1. The number of rotatable bonds is 8. The number of benzene rings is 1. The molecule has 1 saturated carbocycles. The standard InChI is InChI=1S/C22H32O/c1-3-8-19-11-13-20(14-12-19)9-6-4-5-7-10-21-15-17-22(23-2)18-16-21/h6-7,9-10,15-20H,3-5,8,11-14H2,1-2H3. The Morgan fingerprint density at radius 3 is 2.35 bits per heavy atom. The fraction of sp³-hybridized carbons (Fsp3) is 0.545. The average molecular weight is 312 g/mol. The number of allylic oxidation sites excluding steroid dienone is 3. The van der Waals surface area contributed by atoms with Crippen molar-refractivity contribution in [3.8, 4) is 5.75 Å². The summed E-state index contributed by atoms with van der Waals surface area (Å²) >= 11 is 0. The highest BCUT2D eigenvalue weighted by atomic mass is 16.5. The molecular formula is C22H32O. The van der Waals surface area contributed by atoms with E-state index in [0.717, 1.165) is 30.4 Å². The Morgan fingerprint density at radius 2 is 1.70 bits per heavy atom. The van der Waals surface area contributed by atoms with Crippen molar-refractivity contribution in [3.63, 3.8) is 0 Å². The van der Waals surface area contributed by atoms with Gasteiger partial charge in [-0.2, -0.15) is 0 Å². The van der Waals surface area contributed by atoms with Gasteiger partial charge in [-0.15, -0.1) is 0 Å². The molecule has 1 nitrogen and oxygen atoms in total. The quantitative estimate of drug-likeness (QED) is 0.385. The molecule has 0 atom stereocenters. The topological polar surface area (TPSA) is 9.23 Å². The Bertz CT molecular complexity index is 475. The first-order chi connectivity index (χ1) is 11.3. The largest absolute Gasteiger partial charge is 0.497 e. The van der Waals surface area contributed by atoms with Crippen molar-refractivity contribution in [1.29, 1.82) is 0 Å². The zero-order chi connectivity index (χ0) is 16.3. The van der Waals surface area contributed by atoms with Crippen LogP contribution in [0.15, 0.2) is 42.5 Å². The van der Waals surface area contributed by atoms with Gasteiger partial charge in [-0.25, -0.2) is 0 Å². The Hall–Kier alpha value is -1.50. The third kappa shape index (κ3) is 6.64. The van der Waals surface area contributed by atoms with E-state index in [-0.39, 0.29) is 0 Å². The van der Waals surface area contributed by atoms with Crippen molar-refractivity contribution in [3.05, 3.63) is 48.1 Å². The molecule has 0 heterocycles. The van der Waals surface area contributed by atoms with Gasteiger partial charge in [0.05, 0.1) is 7.11 Å². The first-order valence-corrected chi connectivity index (χ1v) is 9.29. The molecule has 0 amide bonds. The number of unbranched alkanes of at least 4 members (excludes halogenated alkanes) is 1. The fourth-order valence-corrected chi connectivity index (χ4v) is 3.49. The van der Waals surface area contributed by atoms with E-state index in [2.05, 4.69) is 43.4 Å². The molecule has 1 aromatic rings. The SMILES string of the molecule is CCCC1CCC(C=CCCC=Cc2ccc(OC)cc2)CC1. The monoisotopic (exact) mass is 312 g/mol. The molecule has 1 aromatic carbocycles. The predicted octanol–water partition coefficient (Wildman–Crippen LogP) is 6.65. The fourth-order valence-electron chi connectivity index (χ4n) is 3.49. The molecule has 0 bridgehead atoms. The van der Waals surface area contributed by atoms with Crippen LogP contribution in [0.1, 0.15) is 63.9 Å². The summed E-state index contributed by atoms with van der Waals surface area (Å²) in [4.78, 5) is 0. The third-order valence-electron chi connectivity index (χ3n) is 4.92. The third-order valence-corrected chi connectivity index (χ3v) is 4.92. The van der Waals surface area contributed by atoms with Crippen LogP contribution in [0.4, 0.5) is 0 Å². The molecule has 0 N–H and O–H groups in total. The van der Waals surface area contributed by atoms with Crippen LogP contribution in [0.5, 0.6) is 5.75 Å². The lowest BCUT2D eigenvalue weighted by Crippen LogP contribution is -2.12. The number of ether oxygens (including phenoxy) is 1. The molecule has 0 aromatic heterocycles. The van der Waals surface area contributed by atoms with Crippen LogP contribution in [0, 0.1) is 11.8 Å². The van der Waals surface area contributed by atoms with Gasteiger partial charge in [0, 0.05) is 0 Å². The predicted molar refractivity (Wildman–Crippen MR) is 101 cm³/mol. The molecule has 1 aliphatic carbocycles. The van der Waals surface area contributed by atoms with Gasteiger partial charge >= 0.3 is 0 Å². The normalized spacial score (nSPS) is 22.0. The zero-order valence-electron chi connectivity index (χ0n) is 14.8. The summed E-state index contributed by atoms with van der Waals surface area (Å²) in [6.07, 6.45) is 20.1. The molecule has 1 aliphatic rings. The zero-order valence-corrected chi connectivity index (χ0v) is 14.8. The van der Waals surface area contributed by atoms with E-state index in [0.29, 0.717) is 0 Å². The van der Waals surface area contributed by atoms with E-state index in [1.165, 1.54) is 44.1 Å². The molecule has 1 fully saturated rings. The van der Waals surface area contributed by atoms with Crippen LogP contribution < -0.4 is 4.74 Å². The molecule has 0 saturated heterocycles. The number of hydrogen-bond donors (Lipinski definition) is 0. The van der Waals surface area contributed by atoms with Gasteiger partial charge in [-0.05, 0) is 68.1 Å². The second-order valence-corrected chi connectivity index (χ2v) is 6.75. The van der Waals surface area contributed by atoms with Crippen molar-refractivity contribution in [2.45, 2.75) is 58.3 Å². The van der Waals surface area contributed by atoms with Gasteiger partial charge in [0.15, 0.2) is 0 Å². The van der Waals surface area contributed by atoms with Gasteiger partial charge < -0.3 is 4.74 Å². The van der Waals surface area contributed by atoms with Crippen LogP contribution in [0.3, 0.4) is 0 Å². The van der Waals surface area contributed by atoms with Gasteiger partial charge in [-0.1, -0.05) is 56.2 Å². The maximum absolute atomic E-state index is 5.17. The van der Waals surface area contributed by atoms with Crippen molar-refractivity contribution in [1.82, 2.24) is 0 Å². The van der Waals surface area contributed by atoms with Crippen molar-refractivity contribution in [2.24, 2.45) is 11.8 Å². The lowest BCUT2D eigenvalue weighted by atomic mass is 9.80. The smallest absolute Gasteiger partial charge is 0.118 e. The minimum Gasteiger partial charge on any atom is -0.497 e. The second-order valence-electron chi connectivity index (χ2n) is 6.75. The van der Waals surface area contributed by atoms with Crippen molar-refractivity contribution >= 4 is 6.08 Å². The van der Waals surface area contributed by atoms with Gasteiger partial charge in [0.1, 0.15) is 5.75 Å². The first kappa shape index (κ1) is 17.8. The Morgan fingerprint density at radius 1 is 1.00 bits per heavy atom. The summed E-state index contributed by atoms with van der Waals surface area (Å²) in [6, 6.07) is 8.21. The van der Waals surface area contributed by atoms with Crippen LogP contribution in [0.25, 0.3) is 6.08 Å². The van der Waals surface area contributed by atoms with Crippen molar-refractivity contribution < 1.29 is 4.74 Å². The van der Waals surface area contributed by atoms with E-state index in [1.54, 1.807) is 7.11 Å². The Kier molecular flexibility index (Phi) is 8.00. The summed E-state index contributed by atoms with van der Waals surface area (Å²) in [5, 5.41) is 0. The van der Waals surface area contributed by atoms with Gasteiger partial charge in [0.2, 0.25) is 0 Å². The van der Waals surface area contributed by atoms with E-state index in [1.807, 2.05) is 12.1 Å². The van der Waals surface area contributed by atoms with E-state index >= 15 is 0 Å². The lowest BCUT2D eigenvalue weighted by molar-refractivity contribution is 0.294. The highest BCUT2D eigenvalue weighted by Gasteiger charge is 2.18. The van der Waals surface area contributed by atoms with E-state index in [9.17, 15) is 0 Å². The van der Waals surface area contributed by atoms with E-state index in [4.69, 9.17) is 4.74 Å². The molecule has 23 heavy (non-hydrogen) atoms. The summed E-state index contributed by atoms with van der Waals surface area (Å²) in [5.74, 6) is 2.77. The van der Waals surface area contributed by atoms with E-state index < -0.39 is 0 Å². The lowest BCUT2D eigenvalue weighted by Gasteiger charge is -2.26. The van der Waals surface area contributed by atoms with Crippen LogP contribution in [-0.4, -0.2) is 7.11 Å². The Labute approximate surface area is 142 Å². The molecule has 0 unspecified atom stereocenters. The molecule has 0 spiro atoms. The first-order valence-electron chi connectivity index (χ1n) is 9.29. The molecule has 2 rings (SSSR count). The second kappa shape index (κ2) is 10.3. The summed E-state index contributed by atoms with van der Waals surface area (Å²) in [6.45, 7) is 2.31. The molecule has 126 valence electrons. The van der Waals surface area contributed by atoms with Gasteiger partial charge in [-0.3, -0.25) is 0 Å². The van der Waals surface area contributed by atoms with Crippen LogP contribution >= 0.6 is 0 Å². The van der Waals surface area contributed by atoms with Crippen LogP contribution in [-0.2, 0) is 0 Å². The van der Waals surface area contributed by atoms with Gasteiger partial charge in [0.25, 0.3) is 0 Å². The number of methoxy groups -OCH3 is 1. The summed E-state index contributed by atoms with van der Waals surface area (Å²) in [5.41, 5.74) is 1.24. The maximum Gasteiger partial charge on any atom is 0.118 e. The maximum atomic E-state index is 5.17. The van der Waals surface area contributed by atoms with Crippen LogP contribution in [0.2, 0.25) is 0 Å². The summed E-state index contributed by atoms with van der Waals surface area (Å²) < 4.78 is 5.17. The summed E-state index contributed by atoms with van der Waals surface area (Å²) in [7, 11) is 1.70.